The molecule has 0 saturated carbocycles. The normalized spacial score (nSPS) is 17.4. The molecule has 0 radical (unpaired) electrons. The van der Waals surface area contributed by atoms with Gasteiger partial charge in [0.15, 0.2) is 0 Å². The summed E-state index contributed by atoms with van der Waals surface area (Å²) in [4.78, 5) is 2.62. The van der Waals surface area contributed by atoms with Gasteiger partial charge < -0.3 is 0 Å². The van der Waals surface area contributed by atoms with E-state index in [2.05, 4.69) is 19.9 Å². The quantitative estimate of drug-likeness (QED) is 0.872. The highest BCUT2D eigenvalue weighted by molar-refractivity contribution is 7.89. The number of nitrogens with zero attached hydrogens (tertiary/aromatic N) is 4. The van der Waals surface area contributed by atoms with Crippen molar-refractivity contribution >= 4 is 10.0 Å². The summed E-state index contributed by atoms with van der Waals surface area (Å²) in [5.74, 6) is 0. The molecule has 2 aromatic rings. The Morgan fingerprint density at radius 2 is 1.91 bits per heavy atom. The average Bonchev–Trinajstić information content (AvgIpc) is 2.95. The number of hydrogen-bond donors (Lipinski definition) is 1. The van der Waals surface area contributed by atoms with E-state index < -0.39 is 10.0 Å². The van der Waals surface area contributed by atoms with Crippen LogP contribution in [0.15, 0.2) is 41.4 Å². The largest absolute Gasteiger partial charge is 0.297 e. The number of piperidine rings is 1. The van der Waals surface area contributed by atoms with Gasteiger partial charge in [0.05, 0.1) is 16.8 Å². The molecule has 3 rings (SSSR count). The van der Waals surface area contributed by atoms with Crippen LogP contribution in [0.25, 0.3) is 0 Å². The second-order valence-corrected chi connectivity index (χ2v) is 7.55. The third kappa shape index (κ3) is 3.95. The van der Waals surface area contributed by atoms with Gasteiger partial charge in [-0.1, -0.05) is 23.4 Å². The summed E-state index contributed by atoms with van der Waals surface area (Å²) in [7, 11) is -1.55. The summed E-state index contributed by atoms with van der Waals surface area (Å²) >= 11 is 0. The minimum atomic E-state index is -3.43. The maximum atomic E-state index is 12.3. The summed E-state index contributed by atoms with van der Waals surface area (Å²) in [5, 5.41) is 7.81. The maximum Gasteiger partial charge on any atom is 0.240 e. The molecule has 0 amide bonds. The molecular weight excluding hydrogens is 314 g/mol. The lowest BCUT2D eigenvalue weighted by Crippen LogP contribution is -2.44. The van der Waals surface area contributed by atoms with Crippen molar-refractivity contribution in [3.8, 4) is 0 Å². The molecule has 1 aliphatic rings. The van der Waals surface area contributed by atoms with Gasteiger partial charge in [-0.2, -0.15) is 0 Å². The Morgan fingerprint density at radius 1 is 1.22 bits per heavy atom. The van der Waals surface area contributed by atoms with Crippen molar-refractivity contribution in [3.63, 3.8) is 0 Å². The van der Waals surface area contributed by atoms with Gasteiger partial charge in [-0.3, -0.25) is 9.58 Å². The first-order valence-electron chi connectivity index (χ1n) is 7.68. The number of hydrogen-bond acceptors (Lipinski definition) is 5. The summed E-state index contributed by atoms with van der Waals surface area (Å²) < 4.78 is 29.3. The van der Waals surface area contributed by atoms with E-state index in [4.69, 9.17) is 0 Å². The van der Waals surface area contributed by atoms with Crippen LogP contribution in [-0.4, -0.2) is 47.4 Å². The van der Waals surface area contributed by atoms with Gasteiger partial charge in [-0.15, -0.1) is 5.10 Å². The zero-order valence-electron chi connectivity index (χ0n) is 13.1. The van der Waals surface area contributed by atoms with Crippen LogP contribution in [0.5, 0.6) is 0 Å². The molecule has 1 saturated heterocycles. The Hall–Kier alpha value is -1.77. The molecule has 1 aromatic carbocycles. The van der Waals surface area contributed by atoms with Crippen molar-refractivity contribution in [2.75, 3.05) is 13.1 Å². The zero-order chi connectivity index (χ0) is 16.3. The predicted molar refractivity (Wildman–Crippen MR) is 86.1 cm³/mol. The van der Waals surface area contributed by atoms with Gasteiger partial charge in [-0.25, -0.2) is 13.1 Å². The molecule has 1 aliphatic heterocycles. The van der Waals surface area contributed by atoms with Crippen LogP contribution in [0.2, 0.25) is 0 Å². The van der Waals surface area contributed by atoms with Gasteiger partial charge in [0, 0.05) is 32.7 Å². The molecule has 0 spiro atoms. The molecule has 0 bridgehead atoms. The predicted octanol–water partition coefficient (Wildman–Crippen LogP) is 0.758. The molecule has 0 atom stereocenters. The first-order valence-corrected chi connectivity index (χ1v) is 9.16. The second kappa shape index (κ2) is 6.77. The molecule has 23 heavy (non-hydrogen) atoms. The molecule has 1 N–H and O–H groups in total. The van der Waals surface area contributed by atoms with Crippen LogP contribution < -0.4 is 4.72 Å². The lowest BCUT2D eigenvalue weighted by Gasteiger charge is -2.31. The van der Waals surface area contributed by atoms with Crippen molar-refractivity contribution in [2.24, 2.45) is 7.05 Å². The highest BCUT2D eigenvalue weighted by atomic mass is 32.2. The van der Waals surface area contributed by atoms with E-state index in [-0.39, 0.29) is 6.04 Å². The smallest absolute Gasteiger partial charge is 0.240 e. The van der Waals surface area contributed by atoms with Crippen LogP contribution in [0.1, 0.15) is 18.5 Å². The fourth-order valence-electron chi connectivity index (χ4n) is 2.78. The Balaban J connectivity index is 1.54. The van der Waals surface area contributed by atoms with Crippen LogP contribution in [-0.2, 0) is 23.6 Å². The number of rotatable bonds is 5. The van der Waals surface area contributed by atoms with Crippen molar-refractivity contribution in [3.05, 3.63) is 42.2 Å². The molecule has 8 heteroatoms. The van der Waals surface area contributed by atoms with E-state index in [9.17, 15) is 8.42 Å². The van der Waals surface area contributed by atoms with Gasteiger partial charge in [0.2, 0.25) is 10.0 Å². The van der Waals surface area contributed by atoms with Crippen LogP contribution in [0.3, 0.4) is 0 Å². The standard InChI is InChI=1S/C15H21N5O2S/c1-19-14(11-16-18-19)12-20-9-7-13(8-10-20)17-23(21,22)15-5-3-2-4-6-15/h2-6,11,13,17H,7-10,12H2,1H3. The summed E-state index contributed by atoms with van der Waals surface area (Å²) in [6.45, 7) is 2.50. The minimum Gasteiger partial charge on any atom is -0.297 e. The van der Waals surface area contributed by atoms with E-state index in [0.717, 1.165) is 38.2 Å². The fourth-order valence-corrected chi connectivity index (χ4v) is 4.11. The number of benzene rings is 1. The Morgan fingerprint density at radius 3 is 2.52 bits per heavy atom. The van der Waals surface area contributed by atoms with E-state index in [0.29, 0.717) is 4.90 Å². The zero-order valence-corrected chi connectivity index (χ0v) is 13.9. The molecule has 1 fully saturated rings. The number of aryl methyl sites for hydroxylation is 1. The molecule has 1 aromatic heterocycles. The van der Waals surface area contributed by atoms with E-state index in [1.165, 1.54) is 0 Å². The summed E-state index contributed by atoms with van der Waals surface area (Å²) in [6.07, 6.45) is 3.37. The van der Waals surface area contributed by atoms with Crippen molar-refractivity contribution < 1.29 is 8.42 Å². The van der Waals surface area contributed by atoms with E-state index >= 15 is 0 Å². The van der Waals surface area contributed by atoms with Crippen LogP contribution in [0.4, 0.5) is 0 Å². The number of nitrogens with one attached hydrogen (secondary N) is 1. The third-order valence-electron chi connectivity index (χ3n) is 4.16. The Labute approximate surface area is 136 Å². The van der Waals surface area contributed by atoms with Gasteiger partial charge in [0.1, 0.15) is 0 Å². The molecule has 2 heterocycles. The first kappa shape index (κ1) is 16.1. The number of likely N-dealkylation sites (tertiary alicyclic amines) is 1. The summed E-state index contributed by atoms with van der Waals surface area (Å²) in [6, 6.07) is 8.50. The minimum absolute atomic E-state index is 0.0129. The Bertz CT molecular complexity index is 736. The van der Waals surface area contributed by atoms with E-state index in [1.54, 1.807) is 35.1 Å². The number of aromatic nitrogens is 3. The SMILES string of the molecule is Cn1nncc1CN1CCC(NS(=O)(=O)c2ccccc2)CC1. The molecule has 0 unspecified atom stereocenters. The van der Waals surface area contributed by atoms with Crippen molar-refractivity contribution in [1.29, 1.82) is 0 Å². The maximum absolute atomic E-state index is 12.3. The van der Waals surface area contributed by atoms with Crippen LogP contribution >= 0.6 is 0 Å². The average molecular weight is 335 g/mol. The third-order valence-corrected chi connectivity index (χ3v) is 5.69. The van der Waals surface area contributed by atoms with Crippen molar-refractivity contribution in [1.82, 2.24) is 24.6 Å². The topological polar surface area (TPSA) is 80.1 Å². The molecule has 124 valence electrons. The molecular formula is C15H21N5O2S. The van der Waals surface area contributed by atoms with E-state index in [1.807, 2.05) is 13.1 Å². The Kier molecular flexibility index (Phi) is 4.74. The van der Waals surface area contributed by atoms with Gasteiger partial charge in [0.25, 0.3) is 0 Å². The van der Waals surface area contributed by atoms with Crippen LogP contribution in [0, 0.1) is 0 Å². The monoisotopic (exact) mass is 335 g/mol. The molecule has 0 aliphatic carbocycles. The summed E-state index contributed by atoms with van der Waals surface area (Å²) in [5.41, 5.74) is 1.06. The van der Waals surface area contributed by atoms with Crippen molar-refractivity contribution in [2.45, 2.75) is 30.3 Å². The lowest BCUT2D eigenvalue weighted by atomic mass is 10.1. The highest BCUT2D eigenvalue weighted by Gasteiger charge is 2.24. The number of sulfonamides is 1. The lowest BCUT2D eigenvalue weighted by molar-refractivity contribution is 0.195. The highest BCUT2D eigenvalue weighted by Crippen LogP contribution is 2.16. The first-order chi connectivity index (χ1) is 11.0. The van der Waals surface area contributed by atoms with Gasteiger partial charge in [-0.05, 0) is 25.0 Å². The molecule has 7 nitrogen and oxygen atoms in total. The fraction of sp³-hybridized carbons (Fsp3) is 0.467. The second-order valence-electron chi connectivity index (χ2n) is 5.83. The van der Waals surface area contributed by atoms with Gasteiger partial charge >= 0.3 is 0 Å².